The van der Waals surface area contributed by atoms with Crippen molar-refractivity contribution < 1.29 is 35.6 Å². The zero-order valence-corrected chi connectivity index (χ0v) is 17.9. The Morgan fingerprint density at radius 2 is 2.03 bits per heavy atom. The number of oxazole rings is 1. The molecule has 0 radical (unpaired) electrons. The first kappa shape index (κ1) is 21.2. The first-order valence-electron chi connectivity index (χ1n) is 9.86. The van der Waals surface area contributed by atoms with Crippen molar-refractivity contribution in [3.63, 3.8) is 0 Å². The first-order valence-corrected chi connectivity index (χ1v) is 11.8. The van der Waals surface area contributed by atoms with E-state index in [0.29, 0.717) is 21.9 Å². The number of nitrogens with one attached hydrogen (secondary N) is 2. The number of halogens is 2. The molecule has 12 heteroatoms. The zero-order chi connectivity index (χ0) is 23.3. The number of benzene rings is 2. The van der Waals surface area contributed by atoms with Crippen LogP contribution >= 0.6 is 0 Å². The van der Waals surface area contributed by atoms with E-state index in [1.54, 1.807) is 0 Å². The van der Waals surface area contributed by atoms with Crippen LogP contribution in [0.2, 0.25) is 0 Å². The number of nitrogens with zero attached hydrogens (tertiary/aromatic N) is 1. The standard InChI is InChI=1S/C21H17F2N3O6S/c1-33(28,29)26-11-4-6-15-13(8-11)17-12(5-7-16(18(17)31-15)32-21(22)23)20-25-14(9-30-20)19(27)24-10-2-3-10/h4-10,21,26H,2-3H2,1H3,(H,24,27). The van der Waals surface area contributed by atoms with E-state index < -0.39 is 16.6 Å². The molecule has 2 heterocycles. The van der Waals surface area contributed by atoms with Crippen molar-refractivity contribution in [2.24, 2.45) is 0 Å². The van der Waals surface area contributed by atoms with Gasteiger partial charge in [-0.05, 0) is 43.2 Å². The fraction of sp³-hybridized carbons (Fsp3) is 0.238. The molecule has 1 fully saturated rings. The highest BCUT2D eigenvalue weighted by Gasteiger charge is 2.26. The van der Waals surface area contributed by atoms with Gasteiger partial charge in [-0.25, -0.2) is 13.4 Å². The van der Waals surface area contributed by atoms with Crippen LogP contribution in [0.25, 0.3) is 33.4 Å². The van der Waals surface area contributed by atoms with E-state index in [1.807, 2.05) is 0 Å². The third kappa shape index (κ3) is 4.33. The Bertz CT molecular complexity index is 1490. The Kier molecular flexibility index (Phi) is 4.96. The zero-order valence-electron chi connectivity index (χ0n) is 17.1. The number of hydrogen-bond donors (Lipinski definition) is 2. The van der Waals surface area contributed by atoms with E-state index >= 15 is 0 Å². The highest BCUT2D eigenvalue weighted by molar-refractivity contribution is 7.92. The average molecular weight is 477 g/mol. The Labute approximate surface area is 185 Å². The van der Waals surface area contributed by atoms with Crippen LogP contribution < -0.4 is 14.8 Å². The maximum absolute atomic E-state index is 13.0. The summed E-state index contributed by atoms with van der Waals surface area (Å²) in [5.41, 5.74) is 0.976. The molecule has 4 aromatic rings. The number of ether oxygens (including phenoxy) is 1. The lowest BCUT2D eigenvalue weighted by atomic mass is 10.1. The van der Waals surface area contributed by atoms with Crippen LogP contribution in [0.1, 0.15) is 23.3 Å². The van der Waals surface area contributed by atoms with Crippen LogP contribution in [0, 0.1) is 0 Å². The molecule has 1 aliphatic carbocycles. The molecule has 2 aromatic heterocycles. The lowest BCUT2D eigenvalue weighted by Gasteiger charge is -2.07. The van der Waals surface area contributed by atoms with E-state index in [0.717, 1.165) is 19.1 Å². The van der Waals surface area contributed by atoms with Gasteiger partial charge < -0.3 is 18.9 Å². The minimum absolute atomic E-state index is 0.00138. The summed E-state index contributed by atoms with van der Waals surface area (Å²) in [6.45, 7) is -3.09. The number of rotatable bonds is 7. The van der Waals surface area contributed by atoms with Crippen LogP contribution in [0.3, 0.4) is 0 Å². The molecule has 0 aliphatic heterocycles. The largest absolute Gasteiger partial charge is 0.452 e. The number of furan rings is 1. The van der Waals surface area contributed by atoms with Crippen LogP contribution in [0.5, 0.6) is 5.75 Å². The Morgan fingerprint density at radius 3 is 2.73 bits per heavy atom. The van der Waals surface area contributed by atoms with Gasteiger partial charge >= 0.3 is 6.61 Å². The number of carbonyl (C=O) groups excluding carboxylic acids is 1. The van der Waals surface area contributed by atoms with Crippen molar-refractivity contribution in [1.29, 1.82) is 0 Å². The molecule has 5 rings (SSSR count). The molecule has 2 N–H and O–H groups in total. The SMILES string of the molecule is CS(=O)(=O)Nc1ccc2oc3c(OC(F)F)ccc(-c4nc(C(=O)NC5CC5)co4)c3c2c1. The van der Waals surface area contributed by atoms with Crippen molar-refractivity contribution >= 4 is 43.6 Å². The highest BCUT2D eigenvalue weighted by Crippen LogP contribution is 2.42. The second-order valence-corrected chi connectivity index (χ2v) is 9.42. The van der Waals surface area contributed by atoms with Gasteiger partial charge in [0, 0.05) is 28.1 Å². The van der Waals surface area contributed by atoms with Crippen molar-refractivity contribution in [2.45, 2.75) is 25.5 Å². The molecule has 172 valence electrons. The Balaban J connectivity index is 1.67. The number of carbonyl (C=O) groups is 1. The van der Waals surface area contributed by atoms with Gasteiger partial charge in [0.1, 0.15) is 11.8 Å². The average Bonchev–Trinajstić information content (AvgIpc) is 3.26. The third-order valence-corrected chi connectivity index (χ3v) is 5.59. The molecule has 0 unspecified atom stereocenters. The summed E-state index contributed by atoms with van der Waals surface area (Å²) in [6, 6.07) is 7.36. The van der Waals surface area contributed by atoms with Crippen LogP contribution in [-0.4, -0.2) is 38.2 Å². The summed E-state index contributed by atoms with van der Waals surface area (Å²) in [4.78, 5) is 16.5. The molecule has 0 atom stereocenters. The topological polar surface area (TPSA) is 124 Å². The molecular formula is C21H17F2N3O6S. The normalized spacial score (nSPS) is 14.2. The van der Waals surface area contributed by atoms with Crippen LogP contribution in [-0.2, 0) is 10.0 Å². The maximum atomic E-state index is 13.0. The minimum Gasteiger partial charge on any atom is -0.452 e. The molecule has 0 saturated heterocycles. The molecule has 9 nitrogen and oxygen atoms in total. The number of alkyl halides is 2. The molecule has 2 aromatic carbocycles. The second kappa shape index (κ2) is 7.73. The predicted octanol–water partition coefficient (Wildman–Crippen LogP) is 4.11. The smallest absolute Gasteiger partial charge is 0.387 e. The number of aromatic nitrogens is 1. The van der Waals surface area contributed by atoms with Gasteiger partial charge in [-0.15, -0.1) is 0 Å². The van der Waals surface area contributed by atoms with Gasteiger partial charge in [-0.1, -0.05) is 0 Å². The van der Waals surface area contributed by atoms with Crippen molar-refractivity contribution in [3.05, 3.63) is 42.3 Å². The van der Waals surface area contributed by atoms with Crippen molar-refractivity contribution in [2.75, 3.05) is 11.0 Å². The van der Waals surface area contributed by atoms with Gasteiger partial charge in [0.25, 0.3) is 5.91 Å². The second-order valence-electron chi connectivity index (χ2n) is 7.67. The fourth-order valence-corrected chi connectivity index (χ4v) is 4.05. The van der Waals surface area contributed by atoms with Crippen LogP contribution in [0.4, 0.5) is 14.5 Å². The lowest BCUT2D eigenvalue weighted by Crippen LogP contribution is -2.25. The summed E-state index contributed by atoms with van der Waals surface area (Å²) in [7, 11) is -3.56. The molecule has 1 aliphatic rings. The number of amides is 1. The van der Waals surface area contributed by atoms with Crippen LogP contribution in [0.15, 0.2) is 45.4 Å². The molecular weight excluding hydrogens is 460 g/mol. The molecule has 33 heavy (non-hydrogen) atoms. The third-order valence-electron chi connectivity index (χ3n) is 4.98. The fourth-order valence-electron chi connectivity index (χ4n) is 3.49. The summed E-state index contributed by atoms with van der Waals surface area (Å²) in [5, 5.41) is 3.54. The summed E-state index contributed by atoms with van der Waals surface area (Å²) in [5.74, 6) is -0.525. The first-order chi connectivity index (χ1) is 15.7. The summed E-state index contributed by atoms with van der Waals surface area (Å²) >= 11 is 0. The van der Waals surface area contributed by atoms with E-state index in [2.05, 4.69) is 19.8 Å². The number of anilines is 1. The molecule has 0 spiro atoms. The van der Waals surface area contributed by atoms with Crippen molar-refractivity contribution in [1.82, 2.24) is 10.3 Å². The summed E-state index contributed by atoms with van der Waals surface area (Å²) < 4.78 is 67.5. The van der Waals surface area contributed by atoms with Gasteiger partial charge in [0.2, 0.25) is 15.9 Å². The lowest BCUT2D eigenvalue weighted by molar-refractivity contribution is -0.0493. The summed E-state index contributed by atoms with van der Waals surface area (Å²) in [6.07, 6.45) is 4.04. The maximum Gasteiger partial charge on any atom is 0.387 e. The van der Waals surface area contributed by atoms with E-state index in [9.17, 15) is 22.0 Å². The van der Waals surface area contributed by atoms with Gasteiger partial charge in [0.15, 0.2) is 17.0 Å². The molecule has 1 amide bonds. The number of fused-ring (bicyclic) bond motifs is 3. The van der Waals surface area contributed by atoms with Crippen molar-refractivity contribution in [3.8, 4) is 17.2 Å². The highest BCUT2D eigenvalue weighted by atomic mass is 32.2. The van der Waals surface area contributed by atoms with Gasteiger partial charge in [0.05, 0.1) is 6.26 Å². The van der Waals surface area contributed by atoms with Gasteiger partial charge in [-0.3, -0.25) is 9.52 Å². The Morgan fingerprint density at radius 1 is 1.24 bits per heavy atom. The van der Waals surface area contributed by atoms with E-state index in [1.165, 1.54) is 36.6 Å². The molecule has 0 bridgehead atoms. The quantitative estimate of drug-likeness (QED) is 0.411. The Hall–Kier alpha value is -3.67. The van der Waals surface area contributed by atoms with E-state index in [-0.39, 0.29) is 40.6 Å². The van der Waals surface area contributed by atoms with Gasteiger partial charge in [-0.2, -0.15) is 8.78 Å². The van der Waals surface area contributed by atoms with E-state index in [4.69, 9.17) is 8.83 Å². The number of hydrogen-bond acceptors (Lipinski definition) is 7. The monoisotopic (exact) mass is 477 g/mol. The minimum atomic E-state index is -3.56. The molecule has 1 saturated carbocycles. The predicted molar refractivity (Wildman–Crippen MR) is 115 cm³/mol. The number of sulfonamides is 1.